The molecule has 2 amide bonds. The minimum Gasteiger partial charge on any atom is -0.480 e. The SMILES string of the molecule is CC(NC(=O)c1ccco1)C(=O)N[C@H](C(=O)O)C(C)C. The lowest BCUT2D eigenvalue weighted by Crippen LogP contribution is -2.52. The summed E-state index contributed by atoms with van der Waals surface area (Å²) in [7, 11) is 0. The molecular formula is C13H18N2O5. The molecule has 0 aromatic carbocycles. The van der Waals surface area contributed by atoms with Crippen molar-refractivity contribution in [1.29, 1.82) is 0 Å². The number of rotatable bonds is 6. The number of carboxylic acids is 1. The Morgan fingerprint density at radius 1 is 1.20 bits per heavy atom. The fourth-order valence-corrected chi connectivity index (χ4v) is 1.53. The first-order valence-corrected chi connectivity index (χ1v) is 6.20. The molecule has 1 rings (SSSR count). The zero-order valence-corrected chi connectivity index (χ0v) is 11.5. The van der Waals surface area contributed by atoms with Crippen LogP contribution < -0.4 is 10.6 Å². The third kappa shape index (κ3) is 4.11. The molecule has 0 saturated heterocycles. The average molecular weight is 282 g/mol. The molecule has 0 spiro atoms. The highest BCUT2D eigenvalue weighted by Crippen LogP contribution is 2.03. The largest absolute Gasteiger partial charge is 0.480 e. The van der Waals surface area contributed by atoms with Gasteiger partial charge in [-0.05, 0) is 25.0 Å². The summed E-state index contributed by atoms with van der Waals surface area (Å²) in [6, 6.07) is 1.16. The van der Waals surface area contributed by atoms with Crippen LogP contribution in [0.1, 0.15) is 31.3 Å². The highest BCUT2D eigenvalue weighted by Gasteiger charge is 2.26. The van der Waals surface area contributed by atoms with Gasteiger partial charge in [-0.3, -0.25) is 9.59 Å². The molecule has 1 aromatic heterocycles. The zero-order valence-electron chi connectivity index (χ0n) is 11.5. The van der Waals surface area contributed by atoms with Gasteiger partial charge in [-0.25, -0.2) is 4.79 Å². The lowest BCUT2D eigenvalue weighted by atomic mass is 10.0. The smallest absolute Gasteiger partial charge is 0.326 e. The van der Waals surface area contributed by atoms with Crippen LogP contribution in [0, 0.1) is 5.92 Å². The van der Waals surface area contributed by atoms with Crippen LogP contribution in [0.15, 0.2) is 22.8 Å². The van der Waals surface area contributed by atoms with Crippen molar-refractivity contribution >= 4 is 17.8 Å². The van der Waals surface area contributed by atoms with Crippen molar-refractivity contribution in [1.82, 2.24) is 10.6 Å². The van der Waals surface area contributed by atoms with E-state index in [0.29, 0.717) is 0 Å². The summed E-state index contributed by atoms with van der Waals surface area (Å²) in [4.78, 5) is 34.5. The van der Waals surface area contributed by atoms with Crippen LogP contribution in [-0.2, 0) is 9.59 Å². The van der Waals surface area contributed by atoms with E-state index in [1.54, 1.807) is 19.9 Å². The zero-order chi connectivity index (χ0) is 15.3. The molecule has 0 saturated carbocycles. The van der Waals surface area contributed by atoms with Crippen molar-refractivity contribution < 1.29 is 23.9 Å². The third-order valence-electron chi connectivity index (χ3n) is 2.72. The molecule has 7 nitrogen and oxygen atoms in total. The first kappa shape index (κ1) is 15.7. The number of carbonyl (C=O) groups excluding carboxylic acids is 2. The van der Waals surface area contributed by atoms with E-state index in [4.69, 9.17) is 9.52 Å². The Hall–Kier alpha value is -2.31. The summed E-state index contributed by atoms with van der Waals surface area (Å²) >= 11 is 0. The van der Waals surface area contributed by atoms with Crippen molar-refractivity contribution in [2.24, 2.45) is 5.92 Å². The Morgan fingerprint density at radius 3 is 2.30 bits per heavy atom. The van der Waals surface area contributed by atoms with Gasteiger partial charge in [0.05, 0.1) is 6.26 Å². The molecule has 110 valence electrons. The molecule has 20 heavy (non-hydrogen) atoms. The summed E-state index contributed by atoms with van der Waals surface area (Å²) < 4.78 is 4.90. The maximum absolute atomic E-state index is 11.8. The molecule has 0 fully saturated rings. The second-order valence-electron chi connectivity index (χ2n) is 4.74. The van der Waals surface area contributed by atoms with E-state index in [1.807, 2.05) is 0 Å². The summed E-state index contributed by atoms with van der Waals surface area (Å²) in [6.07, 6.45) is 1.35. The first-order chi connectivity index (χ1) is 9.32. The molecule has 1 aromatic rings. The Balaban J connectivity index is 2.59. The molecule has 7 heteroatoms. The lowest BCUT2D eigenvalue weighted by Gasteiger charge is -2.20. The fraction of sp³-hybridized carbons (Fsp3) is 0.462. The molecule has 0 bridgehead atoms. The molecule has 3 N–H and O–H groups in total. The van der Waals surface area contributed by atoms with Gasteiger partial charge in [0.15, 0.2) is 5.76 Å². The normalized spacial score (nSPS) is 13.6. The molecule has 0 aliphatic carbocycles. The summed E-state index contributed by atoms with van der Waals surface area (Å²) in [6.45, 7) is 4.84. The lowest BCUT2D eigenvalue weighted by molar-refractivity contribution is -0.143. The van der Waals surface area contributed by atoms with E-state index in [9.17, 15) is 14.4 Å². The number of hydrogen-bond donors (Lipinski definition) is 3. The maximum Gasteiger partial charge on any atom is 0.326 e. The van der Waals surface area contributed by atoms with E-state index in [2.05, 4.69) is 10.6 Å². The Labute approximate surface area is 116 Å². The van der Waals surface area contributed by atoms with E-state index >= 15 is 0 Å². The van der Waals surface area contributed by atoms with Crippen LogP contribution in [0.4, 0.5) is 0 Å². The van der Waals surface area contributed by atoms with Gasteiger partial charge in [0.2, 0.25) is 5.91 Å². The van der Waals surface area contributed by atoms with E-state index < -0.39 is 29.9 Å². The van der Waals surface area contributed by atoms with Crippen molar-refractivity contribution in [2.45, 2.75) is 32.9 Å². The van der Waals surface area contributed by atoms with Gasteiger partial charge in [0, 0.05) is 0 Å². The van der Waals surface area contributed by atoms with Crippen LogP contribution in [-0.4, -0.2) is 35.0 Å². The Morgan fingerprint density at radius 2 is 1.85 bits per heavy atom. The molecule has 1 unspecified atom stereocenters. The van der Waals surface area contributed by atoms with Gasteiger partial charge < -0.3 is 20.2 Å². The Kier molecular flexibility index (Phi) is 5.31. The maximum atomic E-state index is 11.8. The van der Waals surface area contributed by atoms with Crippen molar-refractivity contribution in [3.05, 3.63) is 24.2 Å². The summed E-state index contributed by atoms with van der Waals surface area (Å²) in [5.41, 5.74) is 0. The molecule has 1 heterocycles. The van der Waals surface area contributed by atoms with Crippen LogP contribution in [0.25, 0.3) is 0 Å². The van der Waals surface area contributed by atoms with E-state index in [0.717, 1.165) is 0 Å². The Bertz CT molecular complexity index is 481. The van der Waals surface area contributed by atoms with Crippen molar-refractivity contribution in [3.8, 4) is 0 Å². The molecule has 2 atom stereocenters. The minimum absolute atomic E-state index is 0.0864. The summed E-state index contributed by atoms with van der Waals surface area (Å²) in [5.74, 6) is -2.38. The number of nitrogens with one attached hydrogen (secondary N) is 2. The fourth-order valence-electron chi connectivity index (χ4n) is 1.53. The quantitative estimate of drug-likeness (QED) is 0.709. The van der Waals surface area contributed by atoms with Gasteiger partial charge in [0.25, 0.3) is 5.91 Å². The summed E-state index contributed by atoms with van der Waals surface area (Å²) in [5, 5.41) is 13.8. The third-order valence-corrected chi connectivity index (χ3v) is 2.72. The van der Waals surface area contributed by atoms with Gasteiger partial charge in [-0.2, -0.15) is 0 Å². The van der Waals surface area contributed by atoms with Gasteiger partial charge in [-0.1, -0.05) is 13.8 Å². The van der Waals surface area contributed by atoms with Crippen LogP contribution in [0.2, 0.25) is 0 Å². The molecule has 0 radical (unpaired) electrons. The van der Waals surface area contributed by atoms with Gasteiger partial charge >= 0.3 is 5.97 Å². The number of carbonyl (C=O) groups is 3. The van der Waals surface area contributed by atoms with Crippen molar-refractivity contribution in [2.75, 3.05) is 0 Å². The van der Waals surface area contributed by atoms with Crippen molar-refractivity contribution in [3.63, 3.8) is 0 Å². The number of aliphatic carboxylic acids is 1. The van der Waals surface area contributed by atoms with Crippen LogP contribution in [0.3, 0.4) is 0 Å². The molecule has 0 aliphatic rings. The monoisotopic (exact) mass is 282 g/mol. The number of amides is 2. The standard InChI is InChI=1S/C13H18N2O5/c1-7(2)10(13(18)19)15-11(16)8(3)14-12(17)9-5-4-6-20-9/h4-8,10H,1-3H3,(H,14,17)(H,15,16)(H,18,19)/t8?,10-/m0/s1. The number of carboxylic acid groups (broad SMARTS) is 1. The predicted molar refractivity (Wildman–Crippen MR) is 70.0 cm³/mol. The minimum atomic E-state index is -1.11. The number of hydrogen-bond acceptors (Lipinski definition) is 4. The molecular weight excluding hydrogens is 264 g/mol. The van der Waals surface area contributed by atoms with Gasteiger partial charge in [0.1, 0.15) is 12.1 Å². The predicted octanol–water partition coefficient (Wildman–Crippen LogP) is 0.623. The van der Waals surface area contributed by atoms with Gasteiger partial charge in [-0.15, -0.1) is 0 Å². The second kappa shape index (κ2) is 6.74. The van der Waals surface area contributed by atoms with E-state index in [1.165, 1.54) is 19.3 Å². The molecule has 0 aliphatic heterocycles. The van der Waals surface area contributed by atoms with Crippen LogP contribution in [0.5, 0.6) is 0 Å². The second-order valence-corrected chi connectivity index (χ2v) is 4.74. The first-order valence-electron chi connectivity index (χ1n) is 6.20. The highest BCUT2D eigenvalue weighted by atomic mass is 16.4. The number of furan rings is 1. The average Bonchev–Trinajstić information content (AvgIpc) is 2.88. The van der Waals surface area contributed by atoms with E-state index in [-0.39, 0.29) is 11.7 Å². The van der Waals surface area contributed by atoms with Crippen LogP contribution >= 0.6 is 0 Å². The highest BCUT2D eigenvalue weighted by molar-refractivity contribution is 5.96. The topological polar surface area (TPSA) is 109 Å².